The number of halogens is 1. The molecule has 0 aliphatic heterocycles. The molecule has 0 spiro atoms. The Bertz CT molecular complexity index is 890. The fourth-order valence-electron chi connectivity index (χ4n) is 3.22. The number of nitrogens with two attached hydrogens (primary N) is 1. The van der Waals surface area contributed by atoms with Crippen molar-refractivity contribution < 1.29 is 19.1 Å². The number of ketones is 1. The highest BCUT2D eigenvalue weighted by atomic mass is 35.5. The van der Waals surface area contributed by atoms with Crippen LogP contribution in [0.15, 0.2) is 30.3 Å². The lowest BCUT2D eigenvalue weighted by atomic mass is 10.0. The predicted octanol–water partition coefficient (Wildman–Crippen LogP) is 3.69. The number of Topliss-reactive ketones (excluding diaryl/α,β-unsaturated/α-hetero) is 1. The van der Waals surface area contributed by atoms with Crippen molar-refractivity contribution in [3.8, 4) is 0 Å². The second-order valence-corrected chi connectivity index (χ2v) is 7.27. The van der Waals surface area contributed by atoms with Crippen LogP contribution < -0.4 is 11.1 Å². The number of nitrogens with zero attached hydrogens (tertiary/aromatic N) is 1. The van der Waals surface area contributed by atoms with Crippen molar-refractivity contribution in [1.29, 1.82) is 0 Å². The second-order valence-electron chi connectivity index (χ2n) is 6.84. The number of aryl methyl sites for hydroxylation is 1. The van der Waals surface area contributed by atoms with Crippen LogP contribution >= 0.6 is 11.6 Å². The number of hydrogen-bond donors (Lipinski definition) is 2. The van der Waals surface area contributed by atoms with Gasteiger partial charge in [-0.15, -0.1) is 0 Å². The van der Waals surface area contributed by atoms with Crippen LogP contribution in [0.5, 0.6) is 0 Å². The fraction of sp³-hybridized carbons (Fsp3) is 0.381. The number of nitrogens with one attached hydrogen (secondary N) is 1. The Morgan fingerprint density at radius 2 is 1.86 bits per heavy atom. The van der Waals surface area contributed by atoms with Crippen molar-refractivity contribution in [3.05, 3.63) is 57.9 Å². The summed E-state index contributed by atoms with van der Waals surface area (Å²) in [5, 5.41) is 3.03. The zero-order valence-electron chi connectivity index (χ0n) is 16.8. The molecule has 156 valence electrons. The van der Waals surface area contributed by atoms with Crippen LogP contribution in [-0.4, -0.2) is 29.0 Å². The number of ether oxygens (including phenoxy) is 1. The molecule has 0 saturated carbocycles. The highest BCUT2D eigenvalue weighted by Crippen LogP contribution is 2.20. The van der Waals surface area contributed by atoms with E-state index < -0.39 is 18.0 Å². The topological polar surface area (TPSA) is 103 Å². The molecule has 7 nitrogen and oxygen atoms in total. The summed E-state index contributed by atoms with van der Waals surface area (Å²) in [6, 6.07) is 7.03. The van der Waals surface area contributed by atoms with Gasteiger partial charge in [0.25, 0.3) is 0 Å². The number of amides is 2. The number of carbonyl (C=O) groups is 3. The minimum atomic E-state index is -0.766. The third kappa shape index (κ3) is 6.09. The maximum atomic E-state index is 12.5. The van der Waals surface area contributed by atoms with Crippen molar-refractivity contribution in [2.45, 2.75) is 46.2 Å². The lowest BCUT2D eigenvalue weighted by Gasteiger charge is -2.17. The Morgan fingerprint density at radius 3 is 2.45 bits per heavy atom. The van der Waals surface area contributed by atoms with Crippen LogP contribution in [0, 0.1) is 13.8 Å². The third-order valence-corrected chi connectivity index (χ3v) is 4.90. The molecule has 0 aliphatic carbocycles. The van der Waals surface area contributed by atoms with E-state index in [0.717, 1.165) is 24.4 Å². The Balaban J connectivity index is 2.01. The number of urea groups is 1. The van der Waals surface area contributed by atoms with Gasteiger partial charge in [-0.1, -0.05) is 30.7 Å². The molecule has 8 heteroatoms. The maximum absolute atomic E-state index is 12.5. The number of rotatable bonds is 9. The van der Waals surface area contributed by atoms with E-state index in [2.05, 4.69) is 16.8 Å². The molecule has 1 heterocycles. The van der Waals surface area contributed by atoms with Gasteiger partial charge >= 0.3 is 12.0 Å². The van der Waals surface area contributed by atoms with Gasteiger partial charge in [-0.25, -0.2) is 4.79 Å². The molecule has 0 fully saturated rings. The van der Waals surface area contributed by atoms with Gasteiger partial charge in [0.05, 0.1) is 12.5 Å². The minimum absolute atomic E-state index is 0.160. The van der Waals surface area contributed by atoms with E-state index >= 15 is 0 Å². The number of primary amides is 1. The molecule has 1 aromatic carbocycles. The summed E-state index contributed by atoms with van der Waals surface area (Å²) < 4.78 is 7.24. The Labute approximate surface area is 175 Å². The number of hydrogen-bond acceptors (Lipinski definition) is 4. The van der Waals surface area contributed by atoms with Crippen LogP contribution in [-0.2, 0) is 16.1 Å². The monoisotopic (exact) mass is 419 g/mol. The number of aromatic nitrogens is 1. The van der Waals surface area contributed by atoms with Crippen LogP contribution in [0.3, 0.4) is 0 Å². The van der Waals surface area contributed by atoms with Crippen molar-refractivity contribution >= 4 is 29.4 Å². The lowest BCUT2D eigenvalue weighted by Crippen LogP contribution is -2.34. The van der Waals surface area contributed by atoms with Crippen LogP contribution in [0.25, 0.3) is 0 Å². The number of esters is 1. The van der Waals surface area contributed by atoms with Gasteiger partial charge in [-0.2, -0.15) is 0 Å². The van der Waals surface area contributed by atoms with Crippen molar-refractivity contribution in [1.82, 2.24) is 9.88 Å². The van der Waals surface area contributed by atoms with Gasteiger partial charge in [0.2, 0.25) is 5.78 Å². The molecular weight excluding hydrogens is 394 g/mol. The molecule has 2 amide bonds. The first-order chi connectivity index (χ1) is 13.7. The molecule has 2 aromatic rings. The van der Waals surface area contributed by atoms with Crippen LogP contribution in [0.4, 0.5) is 4.79 Å². The van der Waals surface area contributed by atoms with Crippen molar-refractivity contribution in [2.24, 2.45) is 5.73 Å². The quantitative estimate of drug-likeness (QED) is 0.477. The first-order valence-corrected chi connectivity index (χ1v) is 9.77. The number of benzene rings is 1. The Hall–Kier alpha value is -2.80. The average Bonchev–Trinajstić information content (AvgIpc) is 2.94. The molecule has 0 aliphatic rings. The average molecular weight is 420 g/mol. The summed E-state index contributed by atoms with van der Waals surface area (Å²) in [7, 11) is 0. The van der Waals surface area contributed by atoms with E-state index in [-0.39, 0.29) is 18.8 Å². The van der Waals surface area contributed by atoms with E-state index in [1.807, 2.05) is 19.9 Å². The standard InChI is InChI=1S/C21H26ClN3O4/c1-4-9-25-13(2)10-17(14(25)3)19(26)12-29-20(27)11-18(24-21(23)28)15-5-7-16(22)8-6-15/h5-8,10,18H,4,9,11-12H2,1-3H3,(H3,23,24,28)/t18-/m0/s1. The fourth-order valence-corrected chi connectivity index (χ4v) is 3.35. The normalized spacial score (nSPS) is 11.7. The predicted molar refractivity (Wildman–Crippen MR) is 111 cm³/mol. The van der Waals surface area contributed by atoms with E-state index in [0.29, 0.717) is 16.1 Å². The lowest BCUT2D eigenvalue weighted by molar-refractivity contribution is -0.143. The molecule has 1 atom stereocenters. The summed E-state index contributed by atoms with van der Waals surface area (Å²) in [6.07, 6.45) is 0.796. The SMILES string of the molecule is CCCn1c(C)cc(C(=O)COC(=O)C[C@H](NC(N)=O)c2ccc(Cl)cc2)c1C. The van der Waals surface area contributed by atoms with Gasteiger partial charge in [0, 0.05) is 28.5 Å². The molecule has 29 heavy (non-hydrogen) atoms. The first-order valence-electron chi connectivity index (χ1n) is 9.39. The Kier molecular flexibility index (Phi) is 7.84. The molecule has 0 bridgehead atoms. The molecular formula is C21H26ClN3O4. The highest BCUT2D eigenvalue weighted by Gasteiger charge is 2.21. The summed E-state index contributed by atoms with van der Waals surface area (Å²) in [4.78, 5) is 36.1. The van der Waals surface area contributed by atoms with E-state index in [1.54, 1.807) is 24.3 Å². The van der Waals surface area contributed by atoms with E-state index in [4.69, 9.17) is 22.1 Å². The smallest absolute Gasteiger partial charge is 0.312 e. The third-order valence-electron chi connectivity index (χ3n) is 4.65. The first kappa shape index (κ1) is 22.5. The van der Waals surface area contributed by atoms with Crippen molar-refractivity contribution in [2.75, 3.05) is 6.61 Å². The number of carbonyl (C=O) groups excluding carboxylic acids is 3. The maximum Gasteiger partial charge on any atom is 0.312 e. The second kappa shape index (κ2) is 10.1. The molecule has 0 unspecified atom stereocenters. The van der Waals surface area contributed by atoms with E-state index in [9.17, 15) is 14.4 Å². The zero-order chi connectivity index (χ0) is 21.6. The van der Waals surface area contributed by atoms with Gasteiger partial charge in [-0.05, 0) is 44.0 Å². The summed E-state index contributed by atoms with van der Waals surface area (Å²) in [6.45, 7) is 6.35. The summed E-state index contributed by atoms with van der Waals surface area (Å²) in [5.41, 5.74) is 8.26. The highest BCUT2D eigenvalue weighted by molar-refractivity contribution is 6.30. The van der Waals surface area contributed by atoms with Gasteiger partial charge in [0.1, 0.15) is 0 Å². The molecule has 3 N–H and O–H groups in total. The zero-order valence-corrected chi connectivity index (χ0v) is 17.6. The molecule has 0 saturated heterocycles. The van der Waals surface area contributed by atoms with E-state index in [1.165, 1.54) is 0 Å². The molecule has 0 radical (unpaired) electrons. The summed E-state index contributed by atoms with van der Waals surface area (Å²) in [5.74, 6) is -0.880. The van der Waals surface area contributed by atoms with Crippen molar-refractivity contribution in [3.63, 3.8) is 0 Å². The van der Waals surface area contributed by atoms with Crippen LogP contribution in [0.2, 0.25) is 5.02 Å². The molecule has 2 rings (SSSR count). The minimum Gasteiger partial charge on any atom is -0.457 e. The Morgan fingerprint density at radius 1 is 1.21 bits per heavy atom. The largest absolute Gasteiger partial charge is 0.457 e. The van der Waals surface area contributed by atoms with Gasteiger partial charge in [-0.3, -0.25) is 9.59 Å². The van der Waals surface area contributed by atoms with Gasteiger partial charge in [0.15, 0.2) is 6.61 Å². The van der Waals surface area contributed by atoms with Gasteiger partial charge < -0.3 is 20.4 Å². The molecule has 1 aromatic heterocycles. The van der Waals surface area contributed by atoms with Crippen LogP contribution in [0.1, 0.15) is 53.1 Å². The summed E-state index contributed by atoms with van der Waals surface area (Å²) >= 11 is 5.87.